The zero-order valence-electron chi connectivity index (χ0n) is 8.80. The molecule has 114 valence electrons. The molecule has 0 saturated heterocycles. The SMILES string of the molecule is NCCNC(=O)C(F)(F)C(F)(F)C(F)(F)C(F)(F)F. The molecule has 0 aromatic carbocycles. The highest BCUT2D eigenvalue weighted by Crippen LogP contribution is 2.52. The van der Waals surface area contributed by atoms with Crippen LogP contribution >= 0.6 is 0 Å². The van der Waals surface area contributed by atoms with Crippen LogP contribution in [-0.4, -0.2) is 42.9 Å². The van der Waals surface area contributed by atoms with Crippen LogP contribution in [-0.2, 0) is 4.79 Å². The number of rotatable bonds is 5. The minimum Gasteiger partial charge on any atom is -0.349 e. The van der Waals surface area contributed by atoms with E-state index in [1.165, 1.54) is 0 Å². The molecule has 3 nitrogen and oxygen atoms in total. The van der Waals surface area contributed by atoms with Gasteiger partial charge >= 0.3 is 23.9 Å². The highest BCUT2D eigenvalue weighted by Gasteiger charge is 2.83. The number of amides is 1. The number of carbonyl (C=O) groups excluding carboxylic acids is 1. The number of nitrogens with two attached hydrogens (primary N) is 1. The van der Waals surface area contributed by atoms with E-state index in [1.807, 2.05) is 0 Å². The molecule has 3 N–H and O–H groups in total. The van der Waals surface area contributed by atoms with E-state index in [0.29, 0.717) is 0 Å². The van der Waals surface area contributed by atoms with Crippen LogP contribution in [0.15, 0.2) is 0 Å². The first-order chi connectivity index (χ1) is 8.23. The summed E-state index contributed by atoms with van der Waals surface area (Å²) in [5.41, 5.74) is 4.71. The van der Waals surface area contributed by atoms with Gasteiger partial charge in [0.2, 0.25) is 0 Å². The third-order valence-electron chi connectivity index (χ3n) is 1.86. The zero-order chi connectivity index (χ0) is 15.7. The number of carbonyl (C=O) groups is 1. The molecule has 0 heterocycles. The van der Waals surface area contributed by atoms with Gasteiger partial charge < -0.3 is 11.1 Å². The van der Waals surface area contributed by atoms with Crippen LogP contribution in [0.25, 0.3) is 0 Å². The highest BCUT2D eigenvalue weighted by molar-refractivity contribution is 5.84. The van der Waals surface area contributed by atoms with E-state index in [4.69, 9.17) is 5.73 Å². The third-order valence-corrected chi connectivity index (χ3v) is 1.86. The fraction of sp³-hybridized carbons (Fsp3) is 0.857. The van der Waals surface area contributed by atoms with Crippen molar-refractivity contribution in [3.63, 3.8) is 0 Å². The molecule has 0 fully saturated rings. The molecule has 0 aromatic heterocycles. The monoisotopic (exact) mass is 306 g/mol. The topological polar surface area (TPSA) is 55.1 Å². The van der Waals surface area contributed by atoms with Gasteiger partial charge in [0, 0.05) is 13.1 Å². The van der Waals surface area contributed by atoms with E-state index in [1.54, 1.807) is 0 Å². The molecule has 19 heavy (non-hydrogen) atoms. The summed E-state index contributed by atoms with van der Waals surface area (Å²) in [5.74, 6) is -23.3. The van der Waals surface area contributed by atoms with Gasteiger partial charge in [-0.15, -0.1) is 0 Å². The Morgan fingerprint density at radius 1 is 0.895 bits per heavy atom. The molecule has 12 heteroatoms. The lowest BCUT2D eigenvalue weighted by molar-refractivity contribution is -0.388. The normalized spacial score (nSPS) is 14.4. The van der Waals surface area contributed by atoms with Crippen molar-refractivity contribution < 1.29 is 44.3 Å². The summed E-state index contributed by atoms with van der Waals surface area (Å²) in [4.78, 5) is 10.5. The van der Waals surface area contributed by atoms with Gasteiger partial charge in [-0.05, 0) is 0 Å². The molecule has 0 aliphatic rings. The van der Waals surface area contributed by atoms with E-state index in [2.05, 4.69) is 0 Å². The van der Waals surface area contributed by atoms with Crippen molar-refractivity contribution in [2.24, 2.45) is 5.73 Å². The summed E-state index contributed by atoms with van der Waals surface area (Å²) in [7, 11) is 0. The van der Waals surface area contributed by atoms with E-state index >= 15 is 0 Å². The second-order valence-corrected chi connectivity index (χ2v) is 3.27. The predicted molar refractivity (Wildman–Crippen MR) is 43.0 cm³/mol. The molecule has 0 rings (SSSR count). The smallest absolute Gasteiger partial charge is 0.349 e. The molecule has 0 aliphatic heterocycles. The summed E-state index contributed by atoms with van der Waals surface area (Å²) < 4.78 is 110. The standard InChI is InChI=1S/C7H7F9N2O/c8-4(9,3(19)18-2-1-17)5(10,11)6(12,13)7(14,15)16/h1-2,17H2,(H,18,19). The number of halogens is 9. The van der Waals surface area contributed by atoms with Gasteiger partial charge in [-0.1, -0.05) is 0 Å². The minimum absolute atomic E-state index is 0.511. The van der Waals surface area contributed by atoms with E-state index in [9.17, 15) is 44.3 Å². The number of hydrogen-bond acceptors (Lipinski definition) is 2. The van der Waals surface area contributed by atoms with Crippen LogP contribution in [0.1, 0.15) is 0 Å². The summed E-state index contributed by atoms with van der Waals surface area (Å²) in [6.45, 7) is -1.31. The lowest BCUT2D eigenvalue weighted by atomic mass is 10.0. The van der Waals surface area contributed by atoms with Crippen LogP contribution in [0.3, 0.4) is 0 Å². The van der Waals surface area contributed by atoms with Crippen molar-refractivity contribution in [1.82, 2.24) is 5.32 Å². The van der Waals surface area contributed by atoms with Gasteiger partial charge in [0.1, 0.15) is 0 Å². The molecule has 0 aliphatic carbocycles. The highest BCUT2D eigenvalue weighted by atomic mass is 19.4. The van der Waals surface area contributed by atoms with Crippen molar-refractivity contribution in [1.29, 1.82) is 0 Å². The molecule has 0 atom stereocenters. The molecule has 0 unspecified atom stereocenters. The maximum Gasteiger partial charge on any atom is 0.460 e. The second kappa shape index (κ2) is 5.06. The Balaban J connectivity index is 5.45. The van der Waals surface area contributed by atoms with Crippen LogP contribution in [0.2, 0.25) is 0 Å². The molecule has 1 amide bonds. The Labute approximate surface area is 99.5 Å². The molecule has 0 saturated carbocycles. The van der Waals surface area contributed by atoms with Crippen LogP contribution in [0.5, 0.6) is 0 Å². The first-order valence-corrected chi connectivity index (χ1v) is 4.42. The van der Waals surface area contributed by atoms with E-state index < -0.39 is 42.9 Å². The lowest BCUT2D eigenvalue weighted by Gasteiger charge is -2.32. The van der Waals surface area contributed by atoms with E-state index in [0.717, 1.165) is 5.32 Å². The fourth-order valence-electron chi connectivity index (χ4n) is 0.814. The molecular weight excluding hydrogens is 299 g/mol. The van der Waals surface area contributed by atoms with Gasteiger partial charge in [-0.25, -0.2) is 0 Å². The second-order valence-electron chi connectivity index (χ2n) is 3.27. The Bertz CT molecular complexity index is 338. The average molecular weight is 306 g/mol. The maximum absolute atomic E-state index is 12.8. The van der Waals surface area contributed by atoms with Gasteiger partial charge in [-0.2, -0.15) is 39.5 Å². The molecule has 0 bridgehead atoms. The largest absolute Gasteiger partial charge is 0.460 e. The molecular formula is C7H7F9N2O. The van der Waals surface area contributed by atoms with Gasteiger partial charge in [0.25, 0.3) is 5.91 Å². The van der Waals surface area contributed by atoms with Gasteiger partial charge in [0.05, 0.1) is 0 Å². The van der Waals surface area contributed by atoms with Crippen molar-refractivity contribution in [2.45, 2.75) is 23.9 Å². The Morgan fingerprint density at radius 2 is 1.32 bits per heavy atom. The number of alkyl halides is 9. The Morgan fingerprint density at radius 3 is 1.63 bits per heavy atom. The summed E-state index contributed by atoms with van der Waals surface area (Å²) in [5, 5.41) is 1.01. The van der Waals surface area contributed by atoms with Gasteiger partial charge in [-0.3, -0.25) is 4.79 Å². The number of hydrogen-bond donors (Lipinski definition) is 2. The summed E-state index contributed by atoms with van der Waals surface area (Å²) in [6, 6.07) is 0. The summed E-state index contributed by atoms with van der Waals surface area (Å²) >= 11 is 0. The van der Waals surface area contributed by atoms with Crippen molar-refractivity contribution in [3.8, 4) is 0 Å². The van der Waals surface area contributed by atoms with Crippen LogP contribution < -0.4 is 11.1 Å². The van der Waals surface area contributed by atoms with Crippen molar-refractivity contribution in [3.05, 3.63) is 0 Å². The molecule has 0 spiro atoms. The van der Waals surface area contributed by atoms with Crippen LogP contribution in [0.4, 0.5) is 39.5 Å². The van der Waals surface area contributed by atoms with E-state index in [-0.39, 0.29) is 0 Å². The Kier molecular flexibility index (Phi) is 4.74. The Hall–Kier alpha value is -1.20. The maximum atomic E-state index is 12.8. The minimum atomic E-state index is -7.08. The van der Waals surface area contributed by atoms with Crippen molar-refractivity contribution >= 4 is 5.91 Å². The molecule has 0 radical (unpaired) electrons. The summed E-state index contributed by atoms with van der Waals surface area (Å²) in [6.07, 6.45) is -6.95. The van der Waals surface area contributed by atoms with Gasteiger partial charge in [0.15, 0.2) is 0 Å². The zero-order valence-corrected chi connectivity index (χ0v) is 8.80. The fourth-order valence-corrected chi connectivity index (χ4v) is 0.814. The van der Waals surface area contributed by atoms with Crippen LogP contribution in [0, 0.1) is 0 Å². The average Bonchev–Trinajstić information content (AvgIpc) is 2.23. The number of nitrogens with one attached hydrogen (secondary N) is 1. The van der Waals surface area contributed by atoms with Crippen molar-refractivity contribution in [2.75, 3.05) is 13.1 Å². The quantitative estimate of drug-likeness (QED) is 0.757. The first kappa shape index (κ1) is 17.8. The first-order valence-electron chi connectivity index (χ1n) is 4.42. The molecule has 0 aromatic rings. The lowest BCUT2D eigenvalue weighted by Crippen LogP contribution is -2.65. The third kappa shape index (κ3) is 2.87. The predicted octanol–water partition coefficient (Wildman–Crippen LogP) is 1.53.